The highest BCUT2D eigenvalue weighted by atomic mass is 16.5. The maximum atomic E-state index is 11.7. The number of carbonyl (C=O) groups is 2. The van der Waals surface area contributed by atoms with Gasteiger partial charge in [-0.25, -0.2) is 4.79 Å². The number of nitrogens with one attached hydrogen (secondary N) is 2. The number of ether oxygens (including phenoxy) is 1. The van der Waals surface area contributed by atoms with Crippen molar-refractivity contribution in [1.82, 2.24) is 10.6 Å². The SMILES string of the molecule is CC1OCCC1CNC(=O)NCCC(C)(C)CCC(=O)O. The number of hydrogen-bond donors (Lipinski definition) is 3. The Morgan fingerprint density at radius 2 is 2.00 bits per heavy atom. The fourth-order valence-electron chi connectivity index (χ4n) is 2.42. The van der Waals surface area contributed by atoms with Gasteiger partial charge in [0.15, 0.2) is 0 Å². The zero-order valence-corrected chi connectivity index (χ0v) is 13.3. The molecular weight excluding hydrogens is 272 g/mol. The minimum absolute atomic E-state index is 0.0839. The van der Waals surface area contributed by atoms with Crippen molar-refractivity contribution in [2.75, 3.05) is 19.7 Å². The van der Waals surface area contributed by atoms with Crippen LogP contribution in [0.15, 0.2) is 0 Å². The lowest BCUT2D eigenvalue weighted by molar-refractivity contribution is -0.137. The van der Waals surface area contributed by atoms with E-state index in [2.05, 4.69) is 10.6 Å². The molecule has 6 heteroatoms. The van der Waals surface area contributed by atoms with Crippen molar-refractivity contribution in [3.63, 3.8) is 0 Å². The van der Waals surface area contributed by atoms with Crippen LogP contribution in [0.5, 0.6) is 0 Å². The number of amides is 2. The van der Waals surface area contributed by atoms with Crippen LogP contribution in [0.1, 0.15) is 46.5 Å². The molecule has 0 aliphatic carbocycles. The van der Waals surface area contributed by atoms with E-state index in [9.17, 15) is 9.59 Å². The molecular formula is C15H28N2O4. The van der Waals surface area contributed by atoms with E-state index in [1.54, 1.807) is 0 Å². The highest BCUT2D eigenvalue weighted by Gasteiger charge is 2.24. The lowest BCUT2D eigenvalue weighted by atomic mass is 9.84. The fourth-order valence-corrected chi connectivity index (χ4v) is 2.42. The smallest absolute Gasteiger partial charge is 0.314 e. The molecule has 1 rings (SSSR count). The second-order valence-electron chi connectivity index (χ2n) is 6.57. The minimum atomic E-state index is -0.776. The monoisotopic (exact) mass is 300 g/mol. The molecule has 1 aliphatic rings. The second kappa shape index (κ2) is 8.22. The topological polar surface area (TPSA) is 87.7 Å². The molecule has 1 heterocycles. The van der Waals surface area contributed by atoms with Crippen LogP contribution in [0, 0.1) is 11.3 Å². The van der Waals surface area contributed by atoms with Gasteiger partial charge in [-0.1, -0.05) is 13.8 Å². The Bertz CT molecular complexity index is 358. The number of urea groups is 1. The van der Waals surface area contributed by atoms with E-state index in [4.69, 9.17) is 9.84 Å². The molecule has 1 aliphatic heterocycles. The van der Waals surface area contributed by atoms with Crippen molar-refractivity contribution in [3.05, 3.63) is 0 Å². The number of carboxylic acid groups (broad SMARTS) is 1. The van der Waals surface area contributed by atoms with Gasteiger partial charge in [-0.05, 0) is 31.6 Å². The third-order valence-corrected chi connectivity index (χ3v) is 4.16. The van der Waals surface area contributed by atoms with Crippen LogP contribution < -0.4 is 10.6 Å². The van der Waals surface area contributed by atoms with Gasteiger partial charge in [0, 0.05) is 32.0 Å². The van der Waals surface area contributed by atoms with Crippen LogP contribution in [-0.4, -0.2) is 42.9 Å². The Kier molecular flexibility index (Phi) is 6.95. The molecule has 122 valence electrons. The van der Waals surface area contributed by atoms with E-state index in [0.717, 1.165) is 19.4 Å². The van der Waals surface area contributed by atoms with Crippen LogP contribution in [0.3, 0.4) is 0 Å². The molecule has 0 aromatic carbocycles. The van der Waals surface area contributed by atoms with Crippen LogP contribution in [-0.2, 0) is 9.53 Å². The summed E-state index contributed by atoms with van der Waals surface area (Å²) in [4.78, 5) is 22.3. The first kappa shape index (κ1) is 17.8. The molecule has 0 radical (unpaired) electrons. The summed E-state index contributed by atoms with van der Waals surface area (Å²) in [7, 11) is 0. The minimum Gasteiger partial charge on any atom is -0.481 e. The van der Waals surface area contributed by atoms with Crippen molar-refractivity contribution in [2.24, 2.45) is 11.3 Å². The molecule has 3 N–H and O–H groups in total. The average Bonchev–Trinajstić information content (AvgIpc) is 2.79. The van der Waals surface area contributed by atoms with Gasteiger partial charge in [0.25, 0.3) is 0 Å². The highest BCUT2D eigenvalue weighted by Crippen LogP contribution is 2.26. The Morgan fingerprint density at radius 1 is 1.29 bits per heavy atom. The molecule has 2 atom stereocenters. The molecule has 1 saturated heterocycles. The molecule has 2 amide bonds. The number of rotatable bonds is 8. The molecule has 0 aromatic heterocycles. The summed E-state index contributed by atoms with van der Waals surface area (Å²) in [6, 6.07) is -0.164. The number of carboxylic acids is 1. The van der Waals surface area contributed by atoms with Crippen LogP contribution in [0.4, 0.5) is 4.79 Å². The van der Waals surface area contributed by atoms with Crippen LogP contribution in [0.2, 0.25) is 0 Å². The van der Waals surface area contributed by atoms with Crippen molar-refractivity contribution in [3.8, 4) is 0 Å². The van der Waals surface area contributed by atoms with Gasteiger partial charge >= 0.3 is 12.0 Å². The Morgan fingerprint density at radius 3 is 2.57 bits per heavy atom. The zero-order valence-electron chi connectivity index (χ0n) is 13.3. The molecule has 1 fully saturated rings. The largest absolute Gasteiger partial charge is 0.481 e. The van der Waals surface area contributed by atoms with Gasteiger partial charge < -0.3 is 20.5 Å². The molecule has 0 aromatic rings. The Balaban J connectivity index is 2.13. The van der Waals surface area contributed by atoms with Crippen molar-refractivity contribution in [2.45, 2.75) is 52.6 Å². The third-order valence-electron chi connectivity index (χ3n) is 4.16. The second-order valence-corrected chi connectivity index (χ2v) is 6.57. The number of aliphatic carboxylic acids is 1. The van der Waals surface area contributed by atoms with Crippen LogP contribution >= 0.6 is 0 Å². The van der Waals surface area contributed by atoms with E-state index in [1.165, 1.54) is 0 Å². The van der Waals surface area contributed by atoms with E-state index in [0.29, 0.717) is 25.4 Å². The first-order valence-corrected chi connectivity index (χ1v) is 7.65. The summed E-state index contributed by atoms with van der Waals surface area (Å²) in [5, 5.41) is 14.4. The predicted octanol–water partition coefficient (Wildman–Crippen LogP) is 1.99. The molecule has 0 spiro atoms. The fraction of sp³-hybridized carbons (Fsp3) is 0.867. The average molecular weight is 300 g/mol. The molecule has 21 heavy (non-hydrogen) atoms. The van der Waals surface area contributed by atoms with Crippen LogP contribution in [0.25, 0.3) is 0 Å². The standard InChI is InChI=1S/C15H28N2O4/c1-11-12(5-9-21-11)10-17-14(20)16-8-7-15(2,3)6-4-13(18)19/h11-12H,4-10H2,1-3H3,(H,18,19)(H2,16,17,20). The first-order chi connectivity index (χ1) is 9.80. The zero-order chi connectivity index (χ0) is 15.9. The lowest BCUT2D eigenvalue weighted by Crippen LogP contribution is -2.40. The predicted molar refractivity (Wildman–Crippen MR) is 80.2 cm³/mol. The van der Waals surface area contributed by atoms with Crippen molar-refractivity contribution >= 4 is 12.0 Å². The van der Waals surface area contributed by atoms with E-state index in [1.807, 2.05) is 20.8 Å². The Labute approximate surface area is 126 Å². The van der Waals surface area contributed by atoms with E-state index >= 15 is 0 Å². The van der Waals surface area contributed by atoms with E-state index < -0.39 is 5.97 Å². The maximum Gasteiger partial charge on any atom is 0.314 e. The summed E-state index contributed by atoms with van der Waals surface area (Å²) >= 11 is 0. The molecule has 0 saturated carbocycles. The van der Waals surface area contributed by atoms with Gasteiger partial charge in [-0.15, -0.1) is 0 Å². The maximum absolute atomic E-state index is 11.7. The first-order valence-electron chi connectivity index (χ1n) is 7.65. The molecule has 0 bridgehead atoms. The summed E-state index contributed by atoms with van der Waals surface area (Å²) in [6.07, 6.45) is 2.74. The van der Waals surface area contributed by atoms with Gasteiger partial charge in [0.1, 0.15) is 0 Å². The Hall–Kier alpha value is -1.30. The van der Waals surface area contributed by atoms with Gasteiger partial charge in [0.2, 0.25) is 0 Å². The quantitative estimate of drug-likeness (QED) is 0.639. The van der Waals surface area contributed by atoms with Gasteiger partial charge in [-0.3, -0.25) is 4.79 Å². The number of carbonyl (C=O) groups excluding carboxylic acids is 1. The summed E-state index contributed by atoms with van der Waals surface area (Å²) < 4.78 is 5.45. The third kappa shape index (κ3) is 7.32. The highest BCUT2D eigenvalue weighted by molar-refractivity contribution is 5.73. The summed E-state index contributed by atoms with van der Waals surface area (Å²) in [6.45, 7) is 8.03. The number of hydrogen-bond acceptors (Lipinski definition) is 3. The van der Waals surface area contributed by atoms with Crippen molar-refractivity contribution < 1.29 is 19.4 Å². The molecule has 2 unspecified atom stereocenters. The normalized spacial score (nSPS) is 22.0. The van der Waals surface area contributed by atoms with E-state index in [-0.39, 0.29) is 24.0 Å². The molecule has 6 nitrogen and oxygen atoms in total. The lowest BCUT2D eigenvalue weighted by Gasteiger charge is -2.24. The van der Waals surface area contributed by atoms with Crippen molar-refractivity contribution in [1.29, 1.82) is 0 Å². The van der Waals surface area contributed by atoms with Gasteiger partial charge in [-0.2, -0.15) is 0 Å². The summed E-state index contributed by atoms with van der Waals surface area (Å²) in [5.74, 6) is -0.385. The summed E-state index contributed by atoms with van der Waals surface area (Å²) in [5.41, 5.74) is -0.0839. The van der Waals surface area contributed by atoms with Gasteiger partial charge in [0.05, 0.1) is 6.10 Å².